The van der Waals surface area contributed by atoms with E-state index in [0.29, 0.717) is 15.9 Å². The summed E-state index contributed by atoms with van der Waals surface area (Å²) in [6.07, 6.45) is 2.38. The third-order valence-electron chi connectivity index (χ3n) is 3.63. The minimum atomic E-state index is -3.80. The van der Waals surface area contributed by atoms with E-state index in [2.05, 4.69) is 5.10 Å². The van der Waals surface area contributed by atoms with Gasteiger partial charge in [-0.1, -0.05) is 0 Å². The van der Waals surface area contributed by atoms with Crippen molar-refractivity contribution in [3.63, 3.8) is 0 Å². The van der Waals surface area contributed by atoms with Gasteiger partial charge in [0.1, 0.15) is 6.67 Å². The van der Waals surface area contributed by atoms with E-state index in [9.17, 15) is 22.4 Å². The molecule has 3 rings (SSSR count). The van der Waals surface area contributed by atoms with Gasteiger partial charge in [0.25, 0.3) is 5.56 Å². The fourth-order valence-electron chi connectivity index (χ4n) is 2.57. The zero-order chi connectivity index (χ0) is 18.4. The second kappa shape index (κ2) is 5.84. The Morgan fingerprint density at radius 2 is 2.04 bits per heavy atom. The first kappa shape index (κ1) is 16.9. The highest BCUT2D eigenvalue weighted by Gasteiger charge is 2.16. The summed E-state index contributed by atoms with van der Waals surface area (Å²) in [6, 6.07) is 4.33. The molecule has 1 aromatic carbocycles. The number of aromatic amines is 1. The molecule has 25 heavy (non-hydrogen) atoms. The number of alkyl halides is 1. The van der Waals surface area contributed by atoms with Gasteiger partial charge < -0.3 is 0 Å². The number of sulfonamides is 1. The molecule has 0 bridgehead atoms. The van der Waals surface area contributed by atoms with E-state index in [4.69, 9.17) is 0 Å². The number of aromatic nitrogens is 4. The molecule has 0 aliphatic heterocycles. The van der Waals surface area contributed by atoms with Crippen molar-refractivity contribution in [3.05, 3.63) is 50.8 Å². The average Bonchev–Trinajstić information content (AvgIpc) is 2.95. The van der Waals surface area contributed by atoms with Crippen molar-refractivity contribution in [1.29, 1.82) is 0 Å². The molecule has 132 valence electrons. The third kappa shape index (κ3) is 3.05. The predicted molar refractivity (Wildman–Crippen MR) is 90.0 cm³/mol. The topological polar surface area (TPSA) is 119 Å². The van der Waals surface area contributed by atoms with Crippen LogP contribution in [0, 0.1) is 0 Å². The summed E-state index contributed by atoms with van der Waals surface area (Å²) in [6.45, 7) is -0.879. The molecule has 0 aliphatic carbocycles. The molecule has 2 N–H and O–H groups in total. The Hall–Kier alpha value is -2.95. The second-order valence-electron chi connectivity index (χ2n) is 5.46. The third-order valence-corrected chi connectivity index (χ3v) is 4.14. The highest BCUT2D eigenvalue weighted by atomic mass is 32.2. The molecule has 3 aromatic rings. The first-order chi connectivity index (χ1) is 11.7. The molecule has 11 heteroatoms. The Labute approximate surface area is 140 Å². The normalized spacial score (nSPS) is 11.8. The van der Waals surface area contributed by atoms with Crippen molar-refractivity contribution < 1.29 is 12.8 Å². The Balaban J connectivity index is 2.41. The molecule has 0 atom stereocenters. The molecule has 2 heterocycles. The van der Waals surface area contributed by atoms with Crippen LogP contribution in [0.25, 0.3) is 22.2 Å². The molecule has 2 aromatic heterocycles. The van der Waals surface area contributed by atoms with Gasteiger partial charge in [0, 0.05) is 18.8 Å². The fourth-order valence-corrected chi connectivity index (χ4v) is 3.08. The smallest absolute Gasteiger partial charge is 0.272 e. The van der Waals surface area contributed by atoms with Crippen LogP contribution in [0.3, 0.4) is 0 Å². The largest absolute Gasteiger partial charge is 0.348 e. The maximum Gasteiger partial charge on any atom is 0.348 e. The van der Waals surface area contributed by atoms with Crippen LogP contribution in [-0.2, 0) is 23.7 Å². The summed E-state index contributed by atoms with van der Waals surface area (Å²) in [5.41, 5.74) is -0.544. The molecule has 0 amide bonds. The molecule has 0 saturated heterocycles. The van der Waals surface area contributed by atoms with Gasteiger partial charge in [0.15, 0.2) is 0 Å². The van der Waals surface area contributed by atoms with Gasteiger partial charge in [-0.2, -0.15) is 9.77 Å². The van der Waals surface area contributed by atoms with Gasteiger partial charge in [0.2, 0.25) is 10.0 Å². The van der Waals surface area contributed by atoms with E-state index in [-0.39, 0.29) is 16.5 Å². The average molecular weight is 367 g/mol. The maximum atomic E-state index is 13.6. The van der Waals surface area contributed by atoms with Crippen LogP contribution in [0.2, 0.25) is 0 Å². The van der Waals surface area contributed by atoms with Crippen LogP contribution in [0.4, 0.5) is 4.39 Å². The quantitative estimate of drug-likeness (QED) is 0.676. The van der Waals surface area contributed by atoms with Gasteiger partial charge in [-0.25, -0.2) is 22.4 Å². The molecule has 0 fully saturated rings. The number of fused-ring (bicyclic) bond motifs is 1. The summed E-state index contributed by atoms with van der Waals surface area (Å²) in [5, 5.41) is 4.04. The van der Waals surface area contributed by atoms with Crippen LogP contribution in [0.5, 0.6) is 0 Å². The highest BCUT2D eigenvalue weighted by molar-refractivity contribution is 7.91. The SMILES string of the molecule is Cn1nccc1-c1cc2c(=O)[nH]c(=O)n(NS(C)(=O)=O)c2cc1CF. The monoisotopic (exact) mass is 367 g/mol. The fraction of sp³-hybridized carbons (Fsp3) is 0.214. The first-order valence-electron chi connectivity index (χ1n) is 7.05. The first-order valence-corrected chi connectivity index (χ1v) is 8.94. The van der Waals surface area contributed by atoms with Gasteiger partial charge in [-0.05, 0) is 23.8 Å². The van der Waals surface area contributed by atoms with Crippen LogP contribution in [0.1, 0.15) is 5.56 Å². The maximum absolute atomic E-state index is 13.6. The van der Waals surface area contributed by atoms with Crippen molar-refractivity contribution in [2.45, 2.75) is 6.67 Å². The zero-order valence-electron chi connectivity index (χ0n) is 13.3. The van der Waals surface area contributed by atoms with Crippen molar-refractivity contribution in [2.75, 3.05) is 11.1 Å². The van der Waals surface area contributed by atoms with Crippen molar-refractivity contribution in [1.82, 2.24) is 19.4 Å². The number of benzene rings is 1. The Bertz CT molecular complexity index is 1190. The lowest BCUT2D eigenvalue weighted by atomic mass is 10.0. The molecular formula is C14H14FN5O4S. The number of H-pyrrole nitrogens is 1. The molecule has 0 unspecified atom stereocenters. The summed E-state index contributed by atoms with van der Waals surface area (Å²) in [7, 11) is -2.14. The number of hydrogen-bond donors (Lipinski definition) is 2. The molecule has 9 nitrogen and oxygen atoms in total. The van der Waals surface area contributed by atoms with Crippen molar-refractivity contribution >= 4 is 20.9 Å². The molecule has 0 aliphatic rings. The van der Waals surface area contributed by atoms with Gasteiger partial charge in [-0.15, -0.1) is 0 Å². The Morgan fingerprint density at radius 3 is 2.60 bits per heavy atom. The lowest BCUT2D eigenvalue weighted by molar-refractivity contribution is 0.486. The van der Waals surface area contributed by atoms with E-state index < -0.39 is 27.9 Å². The van der Waals surface area contributed by atoms with Crippen LogP contribution < -0.4 is 16.1 Å². The number of nitrogens with one attached hydrogen (secondary N) is 2. The van der Waals surface area contributed by atoms with E-state index in [0.717, 1.165) is 6.26 Å². The molecule has 0 radical (unpaired) electrons. The number of aryl methyl sites for hydroxylation is 1. The number of halogens is 1. The highest BCUT2D eigenvalue weighted by Crippen LogP contribution is 2.27. The van der Waals surface area contributed by atoms with Crippen LogP contribution in [-0.4, -0.2) is 34.1 Å². The minimum Gasteiger partial charge on any atom is -0.272 e. The minimum absolute atomic E-state index is 0.0316. The number of hydrogen-bond acceptors (Lipinski definition) is 5. The van der Waals surface area contributed by atoms with Crippen LogP contribution in [0.15, 0.2) is 34.0 Å². The summed E-state index contributed by atoms with van der Waals surface area (Å²) in [5.74, 6) is 0. The van der Waals surface area contributed by atoms with Gasteiger partial charge in [-0.3, -0.25) is 14.5 Å². The standard InChI is InChI=1S/C14H14FN5O4S/c1-19-11(3-4-16-19)9-6-10-12(5-8(9)7-15)20(18-25(2,23)24)14(22)17-13(10)21/h3-6,18H,7H2,1-2H3,(H,17,21,22). The van der Waals surface area contributed by atoms with E-state index in [1.165, 1.54) is 23.0 Å². The van der Waals surface area contributed by atoms with Gasteiger partial charge >= 0.3 is 5.69 Å². The Kier molecular flexibility index (Phi) is 3.95. The molecule has 0 saturated carbocycles. The molecule has 0 spiro atoms. The second-order valence-corrected chi connectivity index (χ2v) is 7.19. The van der Waals surface area contributed by atoms with Gasteiger partial charge in [0.05, 0.1) is 22.9 Å². The predicted octanol–water partition coefficient (Wildman–Crippen LogP) is 0.0629. The van der Waals surface area contributed by atoms with E-state index in [1.54, 1.807) is 13.1 Å². The number of rotatable bonds is 4. The lowest BCUT2D eigenvalue weighted by Gasteiger charge is -2.13. The van der Waals surface area contributed by atoms with Crippen LogP contribution >= 0.6 is 0 Å². The summed E-state index contributed by atoms with van der Waals surface area (Å²) >= 11 is 0. The molecular weight excluding hydrogens is 353 g/mol. The summed E-state index contributed by atoms with van der Waals surface area (Å²) < 4.78 is 38.7. The zero-order valence-corrected chi connectivity index (χ0v) is 14.1. The van der Waals surface area contributed by atoms with E-state index >= 15 is 0 Å². The van der Waals surface area contributed by atoms with Crippen molar-refractivity contribution in [3.8, 4) is 11.3 Å². The lowest BCUT2D eigenvalue weighted by Crippen LogP contribution is -2.38. The van der Waals surface area contributed by atoms with Crippen molar-refractivity contribution in [2.24, 2.45) is 7.05 Å². The Morgan fingerprint density at radius 1 is 1.32 bits per heavy atom. The number of nitrogens with zero attached hydrogens (tertiary/aromatic N) is 3. The van der Waals surface area contributed by atoms with E-state index in [1.807, 2.05) is 9.82 Å². The summed E-state index contributed by atoms with van der Waals surface area (Å²) in [4.78, 5) is 28.2.